The van der Waals surface area contributed by atoms with Crippen molar-refractivity contribution < 1.29 is 14.0 Å². The number of carbonyl (C=O) groups excluding carboxylic acids is 2. The highest BCUT2D eigenvalue weighted by Crippen LogP contribution is 2.34. The minimum Gasteiger partial charge on any atom is -0.459 e. The monoisotopic (exact) mass is 418 g/mol. The number of nitrogens with zero attached hydrogens (tertiary/aromatic N) is 1. The lowest BCUT2D eigenvalue weighted by Gasteiger charge is -2.19. The van der Waals surface area contributed by atoms with Gasteiger partial charge in [-0.3, -0.25) is 14.2 Å². The number of halogens is 1. The average molecular weight is 419 g/mol. The van der Waals surface area contributed by atoms with Crippen LogP contribution in [0.5, 0.6) is 0 Å². The van der Waals surface area contributed by atoms with Crippen molar-refractivity contribution in [2.75, 3.05) is 0 Å². The Balaban J connectivity index is 1.83. The molecule has 0 aromatic carbocycles. The van der Waals surface area contributed by atoms with Gasteiger partial charge in [0.15, 0.2) is 5.76 Å². The second kappa shape index (κ2) is 9.03. The Bertz CT molecular complexity index is 705. The summed E-state index contributed by atoms with van der Waals surface area (Å²) in [4.78, 5) is 25.0. The molecule has 0 unspecified atom stereocenters. The van der Waals surface area contributed by atoms with Gasteiger partial charge < -0.3 is 9.73 Å². The zero-order valence-corrected chi connectivity index (χ0v) is 16.2. The summed E-state index contributed by atoms with van der Waals surface area (Å²) in [7, 11) is 0. The first-order valence-corrected chi connectivity index (χ1v) is 9.84. The van der Waals surface area contributed by atoms with Crippen LogP contribution in [-0.2, 0) is 0 Å². The summed E-state index contributed by atoms with van der Waals surface area (Å²) in [5.74, 6) is 0.144. The first kappa shape index (κ1) is 18.7. The van der Waals surface area contributed by atoms with Crippen molar-refractivity contribution in [3.8, 4) is 0 Å². The van der Waals surface area contributed by atoms with E-state index in [0.717, 1.165) is 17.3 Å². The van der Waals surface area contributed by atoms with E-state index in [2.05, 4.69) is 21.2 Å². The third kappa shape index (κ3) is 4.75. The van der Waals surface area contributed by atoms with Crippen molar-refractivity contribution in [1.29, 1.82) is 0 Å². The SMILES string of the molecule is O=C(N/C(CC(=O)n1cccc1)=C(/Br)C1CCCCCC1)c1ccco1. The molecule has 5 nitrogen and oxygen atoms in total. The van der Waals surface area contributed by atoms with Gasteiger partial charge in [-0.15, -0.1) is 0 Å². The molecule has 1 N–H and O–H groups in total. The van der Waals surface area contributed by atoms with Crippen LogP contribution in [0, 0.1) is 5.92 Å². The smallest absolute Gasteiger partial charge is 0.291 e. The van der Waals surface area contributed by atoms with E-state index in [4.69, 9.17) is 4.42 Å². The van der Waals surface area contributed by atoms with Crippen LogP contribution in [0.1, 0.15) is 60.3 Å². The Labute approximate surface area is 161 Å². The number of amides is 1. The van der Waals surface area contributed by atoms with Gasteiger partial charge in [-0.05, 0) is 43.0 Å². The van der Waals surface area contributed by atoms with Crippen LogP contribution < -0.4 is 5.32 Å². The number of aromatic nitrogens is 1. The second-order valence-electron chi connectivity index (χ2n) is 6.61. The van der Waals surface area contributed by atoms with Crippen molar-refractivity contribution >= 4 is 27.7 Å². The van der Waals surface area contributed by atoms with Gasteiger partial charge in [-0.2, -0.15) is 0 Å². The van der Waals surface area contributed by atoms with E-state index in [-0.39, 0.29) is 24.0 Å². The van der Waals surface area contributed by atoms with Crippen molar-refractivity contribution in [3.05, 3.63) is 58.9 Å². The Morgan fingerprint density at radius 1 is 1.12 bits per heavy atom. The summed E-state index contributed by atoms with van der Waals surface area (Å²) in [6, 6.07) is 6.90. The van der Waals surface area contributed by atoms with E-state index in [9.17, 15) is 9.59 Å². The molecule has 1 aliphatic carbocycles. The van der Waals surface area contributed by atoms with E-state index >= 15 is 0 Å². The van der Waals surface area contributed by atoms with Crippen molar-refractivity contribution in [2.45, 2.75) is 44.9 Å². The predicted molar refractivity (Wildman–Crippen MR) is 103 cm³/mol. The topological polar surface area (TPSA) is 64.2 Å². The molecular formula is C20H23BrN2O3. The van der Waals surface area contributed by atoms with Gasteiger partial charge in [0, 0.05) is 22.6 Å². The molecule has 1 amide bonds. The van der Waals surface area contributed by atoms with Gasteiger partial charge in [0.1, 0.15) is 0 Å². The van der Waals surface area contributed by atoms with Gasteiger partial charge in [-0.25, -0.2) is 0 Å². The van der Waals surface area contributed by atoms with Crippen LogP contribution in [0.25, 0.3) is 0 Å². The molecule has 0 saturated heterocycles. The third-order valence-electron chi connectivity index (χ3n) is 4.73. The van der Waals surface area contributed by atoms with Crippen molar-refractivity contribution in [3.63, 3.8) is 0 Å². The molecule has 0 radical (unpaired) electrons. The van der Waals surface area contributed by atoms with E-state index in [1.165, 1.54) is 36.5 Å². The molecule has 6 heteroatoms. The zero-order chi connectivity index (χ0) is 18.4. The molecule has 3 rings (SSSR count). The normalized spacial score (nSPS) is 16.7. The zero-order valence-electron chi connectivity index (χ0n) is 14.6. The number of nitrogens with one attached hydrogen (secondary N) is 1. The predicted octanol–water partition coefficient (Wildman–Crippen LogP) is 5.12. The molecule has 0 aliphatic heterocycles. The summed E-state index contributed by atoms with van der Waals surface area (Å²) in [5, 5.41) is 2.90. The Morgan fingerprint density at radius 3 is 2.42 bits per heavy atom. The fraction of sp³-hybridized carbons (Fsp3) is 0.400. The average Bonchev–Trinajstić information content (AvgIpc) is 3.30. The molecule has 1 fully saturated rings. The fourth-order valence-electron chi connectivity index (χ4n) is 3.32. The lowest BCUT2D eigenvalue weighted by Crippen LogP contribution is -2.27. The highest BCUT2D eigenvalue weighted by atomic mass is 79.9. The van der Waals surface area contributed by atoms with E-state index in [1.54, 1.807) is 24.5 Å². The van der Waals surface area contributed by atoms with E-state index < -0.39 is 0 Å². The van der Waals surface area contributed by atoms with Gasteiger partial charge in [-0.1, -0.05) is 41.6 Å². The Kier molecular flexibility index (Phi) is 6.50. The van der Waals surface area contributed by atoms with Crippen molar-refractivity contribution in [2.24, 2.45) is 5.92 Å². The molecule has 0 bridgehead atoms. The lowest BCUT2D eigenvalue weighted by molar-refractivity contribution is 0.0903. The van der Waals surface area contributed by atoms with Crippen LogP contribution in [0.15, 0.2) is 57.5 Å². The molecule has 138 valence electrons. The summed E-state index contributed by atoms with van der Waals surface area (Å²) in [6.45, 7) is 0. The van der Waals surface area contributed by atoms with Crippen LogP contribution in [0.3, 0.4) is 0 Å². The molecule has 2 heterocycles. The maximum atomic E-state index is 12.6. The molecule has 1 saturated carbocycles. The highest BCUT2D eigenvalue weighted by molar-refractivity contribution is 9.11. The minimum atomic E-state index is -0.337. The van der Waals surface area contributed by atoms with E-state index in [1.807, 2.05) is 12.1 Å². The number of hydrogen-bond donors (Lipinski definition) is 1. The van der Waals surface area contributed by atoms with Crippen LogP contribution >= 0.6 is 15.9 Å². The number of rotatable bonds is 5. The third-order valence-corrected chi connectivity index (χ3v) is 5.86. The summed E-state index contributed by atoms with van der Waals surface area (Å²) >= 11 is 3.70. The van der Waals surface area contributed by atoms with Gasteiger partial charge in [0.05, 0.1) is 12.7 Å². The maximum Gasteiger partial charge on any atom is 0.291 e. The Hall–Kier alpha value is -2.08. The van der Waals surface area contributed by atoms with Gasteiger partial charge >= 0.3 is 0 Å². The standard InChI is InChI=1S/C20H23BrN2O3/c21-19(15-8-3-1-2-4-9-15)16(14-18(24)23-11-5-6-12-23)22-20(25)17-10-7-13-26-17/h5-7,10-13,15H,1-4,8-9,14H2,(H,22,25)/b19-16+. The first-order chi connectivity index (χ1) is 12.6. The summed E-state index contributed by atoms with van der Waals surface area (Å²) < 4.78 is 7.64. The van der Waals surface area contributed by atoms with Gasteiger partial charge in [0.2, 0.25) is 5.91 Å². The van der Waals surface area contributed by atoms with Crippen LogP contribution in [0.2, 0.25) is 0 Å². The number of allylic oxidation sites excluding steroid dienone is 2. The fourth-order valence-corrected chi connectivity index (χ4v) is 4.01. The first-order valence-electron chi connectivity index (χ1n) is 9.04. The highest BCUT2D eigenvalue weighted by Gasteiger charge is 2.22. The minimum absolute atomic E-state index is 0.0877. The van der Waals surface area contributed by atoms with Crippen LogP contribution in [0.4, 0.5) is 0 Å². The van der Waals surface area contributed by atoms with Gasteiger partial charge in [0.25, 0.3) is 5.91 Å². The molecule has 2 aromatic heterocycles. The molecule has 26 heavy (non-hydrogen) atoms. The molecule has 1 aliphatic rings. The number of hydrogen-bond acceptors (Lipinski definition) is 3. The summed E-state index contributed by atoms with van der Waals surface area (Å²) in [6.07, 6.45) is 12.0. The van der Waals surface area contributed by atoms with Crippen LogP contribution in [-0.4, -0.2) is 16.4 Å². The quantitative estimate of drug-likeness (QED) is 0.685. The number of carbonyl (C=O) groups is 2. The summed E-state index contributed by atoms with van der Waals surface area (Å²) in [5.41, 5.74) is 0.622. The lowest BCUT2D eigenvalue weighted by atomic mass is 9.98. The largest absolute Gasteiger partial charge is 0.459 e. The second-order valence-corrected chi connectivity index (χ2v) is 7.46. The maximum absolute atomic E-state index is 12.6. The Morgan fingerprint density at radius 2 is 1.81 bits per heavy atom. The van der Waals surface area contributed by atoms with Crippen molar-refractivity contribution in [1.82, 2.24) is 9.88 Å². The molecular weight excluding hydrogens is 396 g/mol. The molecule has 0 spiro atoms. The number of furan rings is 1. The molecule has 2 aromatic rings. The molecule has 0 atom stereocenters. The van der Waals surface area contributed by atoms with E-state index in [0.29, 0.717) is 11.6 Å².